The number of carbonyl (C=O) groups is 1. The van der Waals surface area contributed by atoms with Crippen molar-refractivity contribution < 1.29 is 14.3 Å². The molecule has 0 atom stereocenters. The topological polar surface area (TPSA) is 47.6 Å². The van der Waals surface area contributed by atoms with E-state index in [2.05, 4.69) is 17.0 Å². The molecule has 0 aliphatic carbocycles. The fourth-order valence-corrected chi connectivity index (χ4v) is 1.35. The fourth-order valence-electron chi connectivity index (χ4n) is 1.35. The van der Waals surface area contributed by atoms with E-state index in [0.29, 0.717) is 13.0 Å². The van der Waals surface area contributed by atoms with Crippen molar-refractivity contribution in [1.29, 1.82) is 0 Å². The Morgan fingerprint density at radius 1 is 1.29 bits per heavy atom. The molecule has 0 rings (SSSR count). The van der Waals surface area contributed by atoms with E-state index >= 15 is 0 Å². The highest BCUT2D eigenvalue weighted by Crippen LogP contribution is 2.01. The van der Waals surface area contributed by atoms with Gasteiger partial charge in [0, 0.05) is 25.3 Å². The van der Waals surface area contributed by atoms with Gasteiger partial charge in [0.25, 0.3) is 0 Å². The van der Waals surface area contributed by atoms with Crippen molar-refractivity contribution in [1.82, 2.24) is 5.32 Å². The molecule has 0 heterocycles. The minimum absolute atomic E-state index is 0.236. The Hall–Kier alpha value is -0.870. The van der Waals surface area contributed by atoms with Crippen LogP contribution in [0.15, 0.2) is 11.6 Å². The molecule has 0 saturated carbocycles. The first kappa shape index (κ1) is 16.1. The zero-order chi connectivity index (χ0) is 12.9. The predicted octanol–water partition coefficient (Wildman–Crippen LogP) is 1.90. The average molecular weight is 243 g/mol. The number of ether oxygens (including phenoxy) is 2. The summed E-state index contributed by atoms with van der Waals surface area (Å²) < 4.78 is 10.0. The molecule has 0 bridgehead atoms. The van der Waals surface area contributed by atoms with Crippen molar-refractivity contribution >= 4 is 5.97 Å². The third-order valence-electron chi connectivity index (χ3n) is 2.31. The molecule has 0 amide bonds. The number of methoxy groups -OCH3 is 1. The van der Waals surface area contributed by atoms with Crippen LogP contribution < -0.4 is 5.32 Å². The van der Waals surface area contributed by atoms with Gasteiger partial charge in [-0.05, 0) is 25.8 Å². The standard InChI is InChI=1S/C13H25NO3/c1-4-10-17-11-6-8-14-9-7-12(5-2)13(15)16-3/h7,14H,4-6,8-11H2,1-3H3/b12-7-. The fraction of sp³-hybridized carbons (Fsp3) is 0.769. The van der Waals surface area contributed by atoms with Crippen LogP contribution in [0.25, 0.3) is 0 Å². The molecule has 0 aliphatic rings. The third-order valence-corrected chi connectivity index (χ3v) is 2.31. The second-order valence-electron chi connectivity index (χ2n) is 3.74. The molecule has 1 N–H and O–H groups in total. The predicted molar refractivity (Wildman–Crippen MR) is 69.0 cm³/mol. The second kappa shape index (κ2) is 11.6. The van der Waals surface area contributed by atoms with Crippen molar-refractivity contribution in [3.05, 3.63) is 11.6 Å². The van der Waals surface area contributed by atoms with Crippen LogP contribution in [-0.2, 0) is 14.3 Å². The molecule has 0 spiro atoms. The van der Waals surface area contributed by atoms with Crippen LogP contribution in [0.1, 0.15) is 33.1 Å². The molecule has 0 unspecified atom stereocenters. The maximum atomic E-state index is 11.2. The van der Waals surface area contributed by atoms with Crippen LogP contribution in [0.4, 0.5) is 0 Å². The van der Waals surface area contributed by atoms with Gasteiger partial charge in [0.05, 0.1) is 7.11 Å². The Kier molecular flexibility index (Phi) is 11.0. The van der Waals surface area contributed by atoms with E-state index in [4.69, 9.17) is 4.74 Å². The number of rotatable bonds is 10. The van der Waals surface area contributed by atoms with Crippen LogP contribution in [0, 0.1) is 0 Å². The summed E-state index contributed by atoms with van der Waals surface area (Å²) in [5.74, 6) is -0.236. The number of hydrogen-bond donors (Lipinski definition) is 1. The van der Waals surface area contributed by atoms with E-state index in [0.717, 1.165) is 38.2 Å². The molecule has 0 saturated heterocycles. The van der Waals surface area contributed by atoms with Crippen LogP contribution in [0.2, 0.25) is 0 Å². The molecule has 0 aromatic heterocycles. The lowest BCUT2D eigenvalue weighted by molar-refractivity contribution is -0.136. The summed E-state index contributed by atoms with van der Waals surface area (Å²) in [4.78, 5) is 11.2. The molecular formula is C13H25NO3. The molecule has 100 valence electrons. The first-order valence-electron chi connectivity index (χ1n) is 6.32. The minimum atomic E-state index is -0.236. The SMILES string of the molecule is CCCOCCCNC/C=C(/CC)C(=O)OC. The van der Waals surface area contributed by atoms with Crippen LogP contribution in [-0.4, -0.2) is 39.4 Å². The second-order valence-corrected chi connectivity index (χ2v) is 3.74. The minimum Gasteiger partial charge on any atom is -0.466 e. The molecule has 4 nitrogen and oxygen atoms in total. The van der Waals surface area contributed by atoms with E-state index in [9.17, 15) is 4.79 Å². The van der Waals surface area contributed by atoms with Gasteiger partial charge in [0.15, 0.2) is 0 Å². The maximum Gasteiger partial charge on any atom is 0.333 e. The van der Waals surface area contributed by atoms with Gasteiger partial charge in [0.2, 0.25) is 0 Å². The van der Waals surface area contributed by atoms with Gasteiger partial charge in [-0.25, -0.2) is 4.79 Å². The summed E-state index contributed by atoms with van der Waals surface area (Å²) in [5, 5.41) is 3.24. The monoisotopic (exact) mass is 243 g/mol. The molecular weight excluding hydrogens is 218 g/mol. The Morgan fingerprint density at radius 2 is 2.06 bits per heavy atom. The number of esters is 1. The van der Waals surface area contributed by atoms with Gasteiger partial charge < -0.3 is 14.8 Å². The van der Waals surface area contributed by atoms with Gasteiger partial charge in [-0.2, -0.15) is 0 Å². The Balaban J connectivity index is 3.53. The molecule has 0 fully saturated rings. The maximum absolute atomic E-state index is 11.2. The van der Waals surface area contributed by atoms with Gasteiger partial charge in [-0.15, -0.1) is 0 Å². The molecule has 17 heavy (non-hydrogen) atoms. The Morgan fingerprint density at radius 3 is 2.65 bits per heavy atom. The van der Waals surface area contributed by atoms with Crippen LogP contribution >= 0.6 is 0 Å². The number of carbonyl (C=O) groups excluding carboxylic acids is 1. The summed E-state index contributed by atoms with van der Waals surface area (Å²) >= 11 is 0. The summed E-state index contributed by atoms with van der Waals surface area (Å²) in [6.45, 7) is 7.28. The van der Waals surface area contributed by atoms with Crippen molar-refractivity contribution in [2.24, 2.45) is 0 Å². The molecule has 0 radical (unpaired) electrons. The lowest BCUT2D eigenvalue weighted by Crippen LogP contribution is -2.18. The normalized spacial score (nSPS) is 11.6. The lowest BCUT2D eigenvalue weighted by atomic mass is 10.2. The van der Waals surface area contributed by atoms with E-state index in [1.165, 1.54) is 7.11 Å². The number of hydrogen-bond acceptors (Lipinski definition) is 4. The average Bonchev–Trinajstić information content (AvgIpc) is 2.36. The van der Waals surface area contributed by atoms with Crippen molar-refractivity contribution in [3.63, 3.8) is 0 Å². The van der Waals surface area contributed by atoms with Gasteiger partial charge >= 0.3 is 5.97 Å². The summed E-state index contributed by atoms with van der Waals surface area (Å²) in [7, 11) is 1.41. The number of nitrogens with one attached hydrogen (secondary N) is 1. The molecule has 4 heteroatoms. The molecule has 0 aliphatic heterocycles. The summed E-state index contributed by atoms with van der Waals surface area (Å²) in [5.41, 5.74) is 0.724. The first-order chi connectivity index (χ1) is 8.26. The van der Waals surface area contributed by atoms with Gasteiger partial charge in [0.1, 0.15) is 0 Å². The van der Waals surface area contributed by atoms with Crippen molar-refractivity contribution in [3.8, 4) is 0 Å². The lowest BCUT2D eigenvalue weighted by Gasteiger charge is -2.05. The van der Waals surface area contributed by atoms with Gasteiger partial charge in [-0.1, -0.05) is 19.9 Å². The third kappa shape index (κ3) is 8.89. The summed E-state index contributed by atoms with van der Waals surface area (Å²) in [6.07, 6.45) is 4.65. The highest BCUT2D eigenvalue weighted by Gasteiger charge is 2.05. The largest absolute Gasteiger partial charge is 0.466 e. The Labute approximate surface area is 104 Å². The van der Waals surface area contributed by atoms with E-state index in [1.807, 2.05) is 13.0 Å². The van der Waals surface area contributed by atoms with Crippen molar-refractivity contribution in [2.75, 3.05) is 33.4 Å². The molecule has 0 aromatic rings. The van der Waals surface area contributed by atoms with Gasteiger partial charge in [-0.3, -0.25) is 0 Å². The molecule has 0 aromatic carbocycles. The summed E-state index contributed by atoms with van der Waals surface area (Å²) in [6, 6.07) is 0. The van der Waals surface area contributed by atoms with Crippen LogP contribution in [0.3, 0.4) is 0 Å². The smallest absolute Gasteiger partial charge is 0.333 e. The van der Waals surface area contributed by atoms with E-state index in [-0.39, 0.29) is 5.97 Å². The van der Waals surface area contributed by atoms with E-state index in [1.54, 1.807) is 0 Å². The Bertz CT molecular complexity index is 227. The highest BCUT2D eigenvalue weighted by atomic mass is 16.5. The quantitative estimate of drug-likeness (QED) is 0.362. The first-order valence-corrected chi connectivity index (χ1v) is 6.32. The highest BCUT2D eigenvalue weighted by molar-refractivity contribution is 5.88. The van der Waals surface area contributed by atoms with Crippen LogP contribution in [0.5, 0.6) is 0 Å². The zero-order valence-electron chi connectivity index (χ0n) is 11.3. The van der Waals surface area contributed by atoms with E-state index < -0.39 is 0 Å². The zero-order valence-corrected chi connectivity index (χ0v) is 11.3. The van der Waals surface area contributed by atoms with Crippen molar-refractivity contribution in [2.45, 2.75) is 33.1 Å².